The van der Waals surface area contributed by atoms with Crippen LogP contribution in [0, 0.1) is 6.92 Å². The summed E-state index contributed by atoms with van der Waals surface area (Å²) < 4.78 is 0. The van der Waals surface area contributed by atoms with Gasteiger partial charge in [0.1, 0.15) is 5.82 Å². The maximum absolute atomic E-state index is 12.7. The molecule has 3 amide bonds. The molecule has 168 valence electrons. The molecule has 5 rings (SSSR count). The molecular weight excluding hydrogens is 416 g/mol. The summed E-state index contributed by atoms with van der Waals surface area (Å²) in [6.07, 6.45) is 0.788. The Bertz CT molecular complexity index is 1210. The van der Waals surface area contributed by atoms with Crippen LogP contribution in [0.1, 0.15) is 39.1 Å². The van der Waals surface area contributed by atoms with Gasteiger partial charge in [0.25, 0.3) is 11.8 Å². The van der Waals surface area contributed by atoms with Gasteiger partial charge in [0, 0.05) is 44.5 Å². The molecule has 2 aliphatic heterocycles. The number of hydrogen-bond donors (Lipinski definition) is 0. The number of fused-ring (bicyclic) bond motifs is 2. The van der Waals surface area contributed by atoms with Crippen LogP contribution < -0.4 is 4.90 Å². The number of carbonyl (C=O) groups excluding carboxylic acids is 3. The lowest BCUT2D eigenvalue weighted by Crippen LogP contribution is -2.49. The highest BCUT2D eigenvalue weighted by molar-refractivity contribution is 6.21. The Morgan fingerprint density at radius 3 is 2.24 bits per heavy atom. The van der Waals surface area contributed by atoms with E-state index < -0.39 is 0 Å². The quantitative estimate of drug-likeness (QED) is 0.567. The predicted molar refractivity (Wildman–Crippen MR) is 126 cm³/mol. The molecule has 0 radical (unpaired) electrons. The average Bonchev–Trinajstić information content (AvgIpc) is 3.09. The molecule has 0 saturated carbocycles. The number of aromatic nitrogens is 1. The summed E-state index contributed by atoms with van der Waals surface area (Å²) in [7, 11) is 0. The third kappa shape index (κ3) is 3.95. The van der Waals surface area contributed by atoms with Crippen LogP contribution >= 0.6 is 0 Å². The third-order valence-corrected chi connectivity index (χ3v) is 6.52. The summed E-state index contributed by atoms with van der Waals surface area (Å²) in [6.45, 7) is 5.10. The van der Waals surface area contributed by atoms with Gasteiger partial charge >= 0.3 is 0 Å². The van der Waals surface area contributed by atoms with E-state index in [0.717, 1.165) is 29.8 Å². The molecule has 0 unspecified atom stereocenters. The van der Waals surface area contributed by atoms with E-state index in [1.165, 1.54) is 10.5 Å². The Hall–Kier alpha value is -3.74. The van der Waals surface area contributed by atoms with Crippen LogP contribution in [0.4, 0.5) is 5.82 Å². The second kappa shape index (κ2) is 8.65. The van der Waals surface area contributed by atoms with Gasteiger partial charge in [-0.15, -0.1) is 0 Å². The van der Waals surface area contributed by atoms with Crippen LogP contribution in [-0.4, -0.2) is 65.2 Å². The molecule has 0 spiro atoms. The smallest absolute Gasteiger partial charge is 0.261 e. The number of carbonyl (C=O) groups is 3. The highest BCUT2D eigenvalue weighted by Crippen LogP contribution is 2.24. The van der Waals surface area contributed by atoms with Crippen LogP contribution in [0.2, 0.25) is 0 Å². The number of piperazine rings is 1. The van der Waals surface area contributed by atoms with Gasteiger partial charge in [-0.2, -0.15) is 0 Å². The van der Waals surface area contributed by atoms with Crippen molar-refractivity contribution in [2.75, 3.05) is 37.6 Å². The number of pyridine rings is 1. The first-order valence-electron chi connectivity index (χ1n) is 11.4. The monoisotopic (exact) mass is 442 g/mol. The van der Waals surface area contributed by atoms with Crippen LogP contribution in [0.5, 0.6) is 0 Å². The van der Waals surface area contributed by atoms with Crippen LogP contribution in [0.3, 0.4) is 0 Å². The van der Waals surface area contributed by atoms with Gasteiger partial charge in [0.2, 0.25) is 5.91 Å². The number of rotatable bonds is 5. The van der Waals surface area contributed by atoms with E-state index in [0.29, 0.717) is 37.1 Å². The molecule has 0 aliphatic carbocycles. The summed E-state index contributed by atoms with van der Waals surface area (Å²) in [5.74, 6) is 0.475. The van der Waals surface area contributed by atoms with E-state index in [9.17, 15) is 14.4 Å². The largest absolute Gasteiger partial charge is 0.353 e. The number of para-hydroxylation sites is 1. The topological polar surface area (TPSA) is 73.8 Å². The summed E-state index contributed by atoms with van der Waals surface area (Å²) in [5, 5.41) is 1.16. The molecule has 7 heteroatoms. The minimum absolute atomic E-state index is 0.0638. The molecule has 2 aliphatic rings. The Balaban J connectivity index is 1.14. The van der Waals surface area contributed by atoms with Crippen LogP contribution in [0.15, 0.2) is 54.6 Å². The first kappa shape index (κ1) is 21.1. The van der Waals surface area contributed by atoms with Gasteiger partial charge in [-0.05, 0) is 43.2 Å². The summed E-state index contributed by atoms with van der Waals surface area (Å²) in [6, 6.07) is 17.1. The number of hydrogen-bond acceptors (Lipinski definition) is 5. The highest BCUT2D eigenvalue weighted by atomic mass is 16.2. The molecule has 2 aromatic carbocycles. The van der Waals surface area contributed by atoms with Crippen molar-refractivity contribution in [3.63, 3.8) is 0 Å². The second-order valence-corrected chi connectivity index (χ2v) is 8.59. The van der Waals surface area contributed by atoms with Gasteiger partial charge in [0.15, 0.2) is 0 Å². The van der Waals surface area contributed by atoms with Crippen LogP contribution in [-0.2, 0) is 4.79 Å². The lowest BCUT2D eigenvalue weighted by atomic mass is 10.1. The van der Waals surface area contributed by atoms with Gasteiger partial charge < -0.3 is 9.80 Å². The molecule has 0 bridgehead atoms. The van der Waals surface area contributed by atoms with Crippen molar-refractivity contribution in [2.24, 2.45) is 0 Å². The van der Waals surface area contributed by atoms with E-state index in [2.05, 4.69) is 24.0 Å². The van der Waals surface area contributed by atoms with E-state index in [-0.39, 0.29) is 24.3 Å². The molecular formula is C26H26N4O3. The normalized spacial score (nSPS) is 16.0. The van der Waals surface area contributed by atoms with E-state index >= 15 is 0 Å². The van der Waals surface area contributed by atoms with Crippen molar-refractivity contribution >= 4 is 34.4 Å². The fourth-order valence-corrected chi connectivity index (χ4v) is 4.67. The Morgan fingerprint density at radius 2 is 1.55 bits per heavy atom. The Labute approximate surface area is 192 Å². The standard InChI is InChI=1S/C26H26N4O3/c1-18-17-23(27-22-10-5-4-7-19(18)22)28-13-15-29(16-14-28)24(31)11-6-12-30-25(32)20-8-2-3-9-21(20)26(30)33/h2-5,7-10,17H,6,11-16H2,1H3. The van der Waals surface area contributed by atoms with Gasteiger partial charge in [-0.3, -0.25) is 19.3 Å². The molecule has 3 heterocycles. The molecule has 1 aromatic heterocycles. The highest BCUT2D eigenvalue weighted by Gasteiger charge is 2.34. The van der Waals surface area contributed by atoms with Crippen molar-refractivity contribution in [1.29, 1.82) is 0 Å². The maximum atomic E-state index is 12.7. The summed E-state index contributed by atoms with van der Waals surface area (Å²) in [5.41, 5.74) is 3.08. The number of aryl methyl sites for hydroxylation is 1. The first-order valence-corrected chi connectivity index (χ1v) is 11.4. The zero-order valence-electron chi connectivity index (χ0n) is 18.7. The molecule has 1 fully saturated rings. The maximum Gasteiger partial charge on any atom is 0.261 e. The number of amides is 3. The minimum Gasteiger partial charge on any atom is -0.353 e. The van der Waals surface area contributed by atoms with E-state index in [1.807, 2.05) is 23.1 Å². The van der Waals surface area contributed by atoms with Crippen molar-refractivity contribution in [3.8, 4) is 0 Å². The molecule has 3 aromatic rings. The predicted octanol–water partition coefficient (Wildman–Crippen LogP) is 3.27. The number of benzene rings is 2. The lowest BCUT2D eigenvalue weighted by Gasteiger charge is -2.35. The van der Waals surface area contributed by atoms with Crippen molar-refractivity contribution in [2.45, 2.75) is 19.8 Å². The Kier molecular flexibility index (Phi) is 5.54. The zero-order chi connectivity index (χ0) is 22.9. The van der Waals surface area contributed by atoms with E-state index in [4.69, 9.17) is 4.98 Å². The first-order chi connectivity index (χ1) is 16.0. The zero-order valence-corrected chi connectivity index (χ0v) is 18.7. The number of imide groups is 1. The fraction of sp³-hybridized carbons (Fsp3) is 0.308. The lowest BCUT2D eigenvalue weighted by molar-refractivity contribution is -0.131. The van der Waals surface area contributed by atoms with Crippen molar-refractivity contribution in [3.05, 3.63) is 71.3 Å². The van der Waals surface area contributed by atoms with Crippen molar-refractivity contribution in [1.82, 2.24) is 14.8 Å². The molecule has 7 nitrogen and oxygen atoms in total. The van der Waals surface area contributed by atoms with Gasteiger partial charge in [-0.25, -0.2) is 4.98 Å². The average molecular weight is 443 g/mol. The summed E-state index contributed by atoms with van der Waals surface area (Å²) in [4.78, 5) is 47.8. The molecule has 0 atom stereocenters. The van der Waals surface area contributed by atoms with Crippen molar-refractivity contribution < 1.29 is 14.4 Å². The molecule has 0 N–H and O–H groups in total. The minimum atomic E-state index is -0.269. The Morgan fingerprint density at radius 1 is 0.909 bits per heavy atom. The number of anilines is 1. The number of nitrogens with zero attached hydrogens (tertiary/aromatic N) is 4. The SMILES string of the molecule is Cc1cc(N2CCN(C(=O)CCCN3C(=O)c4ccccc4C3=O)CC2)nc2ccccc12. The van der Waals surface area contributed by atoms with Gasteiger partial charge in [-0.1, -0.05) is 30.3 Å². The van der Waals surface area contributed by atoms with Crippen LogP contribution in [0.25, 0.3) is 10.9 Å². The summed E-state index contributed by atoms with van der Waals surface area (Å²) >= 11 is 0. The third-order valence-electron chi connectivity index (χ3n) is 6.52. The second-order valence-electron chi connectivity index (χ2n) is 8.59. The van der Waals surface area contributed by atoms with E-state index in [1.54, 1.807) is 24.3 Å². The molecule has 33 heavy (non-hydrogen) atoms. The van der Waals surface area contributed by atoms with Gasteiger partial charge in [0.05, 0.1) is 16.6 Å². The molecule has 1 saturated heterocycles. The fourth-order valence-electron chi connectivity index (χ4n) is 4.67.